The Hall–Kier alpha value is -5.23. The second-order valence-corrected chi connectivity index (χ2v) is 9.30. The molecule has 0 fully saturated rings. The van der Waals surface area contributed by atoms with Gasteiger partial charge in [-0.3, -0.25) is 14.4 Å². The van der Waals surface area contributed by atoms with Gasteiger partial charge in [0.1, 0.15) is 11.6 Å². The minimum absolute atomic E-state index is 0.180. The van der Waals surface area contributed by atoms with Gasteiger partial charge in [-0.2, -0.15) is 0 Å². The monoisotopic (exact) mass is 518 g/mol. The van der Waals surface area contributed by atoms with Gasteiger partial charge in [-0.15, -0.1) is 6.42 Å². The lowest BCUT2D eigenvalue weighted by molar-refractivity contribution is 0.0951. The van der Waals surface area contributed by atoms with Crippen molar-refractivity contribution in [1.82, 2.24) is 25.3 Å². The van der Waals surface area contributed by atoms with E-state index in [1.807, 2.05) is 41.3 Å². The zero-order valence-electron chi connectivity index (χ0n) is 21.5. The van der Waals surface area contributed by atoms with Crippen molar-refractivity contribution in [2.45, 2.75) is 26.9 Å². The number of nitrogens with one attached hydrogen (secondary N) is 3. The van der Waals surface area contributed by atoms with Crippen molar-refractivity contribution in [1.29, 1.82) is 0 Å². The Morgan fingerprint density at radius 3 is 2.03 bits per heavy atom. The molecule has 39 heavy (non-hydrogen) atoms. The number of fused-ring (bicyclic) bond motifs is 2. The highest BCUT2D eigenvalue weighted by atomic mass is 16.1. The first-order chi connectivity index (χ1) is 18.8. The third kappa shape index (κ3) is 5.55. The molecule has 0 aliphatic rings. The molecule has 5 aromatic rings. The molecule has 5 rings (SSSR count). The summed E-state index contributed by atoms with van der Waals surface area (Å²) in [5.74, 6) is 3.56. The minimum atomic E-state index is -0.238. The standard InChI is InChI=1S/C30H26N6O3/c1-4-13-36(17-21-6-12-27-25(15-21)30(39)35-19(3)33-27)23-9-7-22(8-10-23)28(37)31-16-20-5-11-26-24(14-20)29(38)34-18(2)32-26/h1,5-12,14-15H,13,16-17H2,2-3H3,(H,31,37)(H,32,34,38)(H,33,35,39). The van der Waals surface area contributed by atoms with E-state index in [0.29, 0.717) is 52.1 Å². The summed E-state index contributed by atoms with van der Waals surface area (Å²) >= 11 is 0. The third-order valence-corrected chi connectivity index (χ3v) is 6.38. The average molecular weight is 519 g/mol. The zero-order valence-corrected chi connectivity index (χ0v) is 21.5. The van der Waals surface area contributed by atoms with Gasteiger partial charge in [0.25, 0.3) is 17.0 Å². The summed E-state index contributed by atoms with van der Waals surface area (Å²) in [5, 5.41) is 3.90. The Morgan fingerprint density at radius 1 is 0.872 bits per heavy atom. The van der Waals surface area contributed by atoms with Gasteiger partial charge in [0.05, 0.1) is 28.4 Å². The highest BCUT2D eigenvalue weighted by Gasteiger charge is 2.12. The van der Waals surface area contributed by atoms with Crippen LogP contribution in [0.1, 0.15) is 33.1 Å². The van der Waals surface area contributed by atoms with Gasteiger partial charge in [0, 0.05) is 24.3 Å². The lowest BCUT2D eigenvalue weighted by Gasteiger charge is -2.23. The molecule has 0 saturated carbocycles. The summed E-state index contributed by atoms with van der Waals surface area (Å²) in [6, 6.07) is 18.1. The van der Waals surface area contributed by atoms with Gasteiger partial charge < -0.3 is 20.2 Å². The van der Waals surface area contributed by atoms with Crippen LogP contribution in [0.4, 0.5) is 5.69 Å². The van der Waals surface area contributed by atoms with Crippen LogP contribution >= 0.6 is 0 Å². The molecule has 0 atom stereocenters. The highest BCUT2D eigenvalue weighted by Crippen LogP contribution is 2.20. The Labute approximate surface area is 224 Å². The fourth-order valence-electron chi connectivity index (χ4n) is 4.49. The van der Waals surface area contributed by atoms with E-state index in [4.69, 9.17) is 6.42 Å². The molecule has 0 bridgehead atoms. The molecule has 0 radical (unpaired) electrons. The van der Waals surface area contributed by atoms with Crippen LogP contribution in [-0.2, 0) is 13.1 Å². The van der Waals surface area contributed by atoms with Gasteiger partial charge in [0.2, 0.25) is 0 Å². The van der Waals surface area contributed by atoms with Crippen LogP contribution in [0.15, 0.2) is 70.3 Å². The molecule has 9 heteroatoms. The van der Waals surface area contributed by atoms with E-state index in [2.05, 4.69) is 31.2 Å². The topological polar surface area (TPSA) is 124 Å². The second-order valence-electron chi connectivity index (χ2n) is 9.30. The second kappa shape index (κ2) is 10.6. The van der Waals surface area contributed by atoms with Crippen molar-refractivity contribution in [3.8, 4) is 12.3 Å². The number of carbonyl (C=O) groups excluding carboxylic acids is 1. The molecule has 0 aliphatic heterocycles. The molecule has 3 N–H and O–H groups in total. The fraction of sp³-hybridized carbons (Fsp3) is 0.167. The van der Waals surface area contributed by atoms with Gasteiger partial charge in [-0.25, -0.2) is 9.97 Å². The number of terminal acetylenes is 1. The van der Waals surface area contributed by atoms with Crippen molar-refractivity contribution < 1.29 is 4.79 Å². The van der Waals surface area contributed by atoms with Crippen molar-refractivity contribution >= 4 is 33.4 Å². The maximum absolute atomic E-state index is 12.8. The number of hydrogen-bond acceptors (Lipinski definition) is 6. The summed E-state index contributed by atoms with van der Waals surface area (Å²) in [6.45, 7) is 4.58. The number of nitrogens with zero attached hydrogens (tertiary/aromatic N) is 3. The lowest BCUT2D eigenvalue weighted by Crippen LogP contribution is -2.24. The summed E-state index contributed by atoms with van der Waals surface area (Å²) in [4.78, 5) is 53.5. The highest BCUT2D eigenvalue weighted by molar-refractivity contribution is 5.94. The number of aromatic amines is 2. The molecule has 9 nitrogen and oxygen atoms in total. The molecular formula is C30H26N6O3. The maximum atomic E-state index is 12.8. The lowest BCUT2D eigenvalue weighted by atomic mass is 10.1. The summed E-state index contributed by atoms with van der Waals surface area (Å²) in [5.41, 5.74) is 3.91. The molecule has 0 aliphatic carbocycles. The van der Waals surface area contributed by atoms with E-state index in [1.54, 1.807) is 38.1 Å². The molecule has 3 aromatic carbocycles. The molecular weight excluding hydrogens is 492 g/mol. The van der Waals surface area contributed by atoms with E-state index < -0.39 is 0 Å². The molecule has 194 valence electrons. The van der Waals surface area contributed by atoms with Crippen LogP contribution < -0.4 is 21.3 Å². The number of H-pyrrole nitrogens is 2. The van der Waals surface area contributed by atoms with Crippen molar-refractivity contribution in [2.75, 3.05) is 11.4 Å². The number of aryl methyl sites for hydroxylation is 2. The molecule has 0 spiro atoms. The minimum Gasteiger partial charge on any atom is -0.356 e. The Morgan fingerprint density at radius 2 is 1.44 bits per heavy atom. The number of carbonyl (C=O) groups is 1. The number of benzene rings is 3. The Kier molecular flexibility index (Phi) is 6.93. The van der Waals surface area contributed by atoms with Crippen molar-refractivity contribution in [3.05, 3.63) is 110 Å². The van der Waals surface area contributed by atoms with Crippen molar-refractivity contribution in [3.63, 3.8) is 0 Å². The van der Waals surface area contributed by atoms with E-state index in [1.165, 1.54) is 0 Å². The predicted octanol–water partition coefficient (Wildman–Crippen LogP) is 3.35. The first-order valence-corrected chi connectivity index (χ1v) is 12.4. The number of amides is 1. The van der Waals surface area contributed by atoms with Gasteiger partial charge in [0.15, 0.2) is 0 Å². The maximum Gasteiger partial charge on any atom is 0.258 e. The molecule has 0 unspecified atom stereocenters. The smallest absolute Gasteiger partial charge is 0.258 e. The molecule has 0 saturated heterocycles. The summed E-state index contributed by atoms with van der Waals surface area (Å²) in [7, 11) is 0. The van der Waals surface area contributed by atoms with Gasteiger partial charge in [-0.05, 0) is 73.5 Å². The van der Waals surface area contributed by atoms with Crippen LogP contribution in [0.5, 0.6) is 0 Å². The SMILES string of the molecule is C#CCN(Cc1ccc2nc(C)[nH]c(=O)c2c1)c1ccc(C(=O)NCc2ccc3nc(C)[nH]c(=O)c3c2)cc1. The van der Waals surface area contributed by atoms with Crippen LogP contribution in [0.3, 0.4) is 0 Å². The normalized spacial score (nSPS) is 10.9. The molecule has 2 heterocycles. The van der Waals surface area contributed by atoms with E-state index in [0.717, 1.165) is 16.8 Å². The first-order valence-electron chi connectivity index (χ1n) is 12.4. The quantitative estimate of drug-likeness (QED) is 0.284. The largest absolute Gasteiger partial charge is 0.356 e. The average Bonchev–Trinajstić information content (AvgIpc) is 2.92. The fourth-order valence-corrected chi connectivity index (χ4v) is 4.49. The van der Waals surface area contributed by atoms with E-state index >= 15 is 0 Å². The number of aromatic nitrogens is 4. The molecule has 1 amide bonds. The Balaban J connectivity index is 1.28. The van der Waals surface area contributed by atoms with Crippen LogP contribution in [-0.4, -0.2) is 32.4 Å². The van der Waals surface area contributed by atoms with E-state index in [9.17, 15) is 14.4 Å². The van der Waals surface area contributed by atoms with Gasteiger partial charge >= 0.3 is 0 Å². The summed E-state index contributed by atoms with van der Waals surface area (Å²) in [6.07, 6.45) is 5.63. The molecule has 2 aromatic heterocycles. The van der Waals surface area contributed by atoms with Crippen LogP contribution in [0.25, 0.3) is 21.8 Å². The van der Waals surface area contributed by atoms with E-state index in [-0.39, 0.29) is 23.6 Å². The number of rotatable bonds is 7. The number of anilines is 1. The summed E-state index contributed by atoms with van der Waals surface area (Å²) < 4.78 is 0. The first kappa shape index (κ1) is 25.4. The third-order valence-electron chi connectivity index (χ3n) is 6.38. The predicted molar refractivity (Wildman–Crippen MR) is 152 cm³/mol. The van der Waals surface area contributed by atoms with Crippen molar-refractivity contribution in [2.24, 2.45) is 0 Å². The Bertz CT molecular complexity index is 1870. The number of hydrogen-bond donors (Lipinski definition) is 3. The van der Waals surface area contributed by atoms with Crippen LogP contribution in [0, 0.1) is 26.2 Å². The van der Waals surface area contributed by atoms with Gasteiger partial charge in [-0.1, -0.05) is 18.1 Å². The zero-order chi connectivity index (χ0) is 27.5. The van der Waals surface area contributed by atoms with Crippen LogP contribution in [0.2, 0.25) is 0 Å².